The largest absolute Gasteiger partial charge is 0.480 e. The van der Waals surface area contributed by atoms with Gasteiger partial charge in [0, 0.05) is 12.5 Å². The van der Waals surface area contributed by atoms with E-state index in [1.54, 1.807) is 0 Å². The van der Waals surface area contributed by atoms with E-state index in [9.17, 15) is 23.1 Å². The number of fused-ring (bicyclic) bond motifs is 1. The second-order valence-corrected chi connectivity index (χ2v) is 8.02. The van der Waals surface area contributed by atoms with E-state index in [2.05, 4.69) is 4.74 Å². The number of nitrogens with zero attached hydrogens (tertiary/aromatic N) is 1. The van der Waals surface area contributed by atoms with Gasteiger partial charge in [0.2, 0.25) is 10.0 Å². The van der Waals surface area contributed by atoms with E-state index in [0.717, 1.165) is 25.7 Å². The van der Waals surface area contributed by atoms with E-state index in [1.807, 2.05) is 0 Å². The quantitative estimate of drug-likeness (QED) is 0.727. The summed E-state index contributed by atoms with van der Waals surface area (Å²) in [5, 5.41) is 9.37. The molecule has 126 valence electrons. The van der Waals surface area contributed by atoms with Gasteiger partial charge in [0.25, 0.3) is 0 Å². The number of ether oxygens (including phenoxy) is 1. The van der Waals surface area contributed by atoms with E-state index < -0.39 is 28.0 Å². The maximum Gasteiger partial charge on any atom is 0.322 e. The maximum absolute atomic E-state index is 12.6. The van der Waals surface area contributed by atoms with Gasteiger partial charge in [0.1, 0.15) is 6.04 Å². The Labute approximate surface area is 130 Å². The molecule has 1 N–H and O–H groups in total. The highest BCUT2D eigenvalue weighted by molar-refractivity contribution is 7.89. The Morgan fingerprint density at radius 3 is 2.59 bits per heavy atom. The number of rotatable bonds is 6. The monoisotopic (exact) mass is 333 g/mol. The first-order valence-corrected chi connectivity index (χ1v) is 9.28. The summed E-state index contributed by atoms with van der Waals surface area (Å²) in [6.45, 7) is 0. The summed E-state index contributed by atoms with van der Waals surface area (Å²) in [5.74, 6) is -1.60. The molecule has 0 aromatic rings. The minimum absolute atomic E-state index is 0.0232. The van der Waals surface area contributed by atoms with Gasteiger partial charge in [-0.3, -0.25) is 9.59 Å². The number of sulfonamides is 1. The predicted molar refractivity (Wildman–Crippen MR) is 78.7 cm³/mol. The zero-order valence-corrected chi connectivity index (χ0v) is 13.5. The summed E-state index contributed by atoms with van der Waals surface area (Å²) >= 11 is 0. The standard InChI is InChI=1S/C14H23NO6S/c1-21-13(16)7-4-8-22(19,20)15-11-6-3-2-5-10(11)9-12(15)14(17)18/h10-12H,2-9H2,1H3,(H,17,18). The third-order valence-corrected chi connectivity index (χ3v) is 6.62. The Hall–Kier alpha value is -1.15. The number of carbonyl (C=O) groups excluding carboxylic acids is 1. The molecule has 1 saturated heterocycles. The normalized spacial score (nSPS) is 29.0. The van der Waals surface area contributed by atoms with Gasteiger partial charge in [-0.25, -0.2) is 8.42 Å². The summed E-state index contributed by atoms with van der Waals surface area (Å²) in [5.41, 5.74) is 0. The first-order chi connectivity index (χ1) is 10.4. The fraction of sp³-hybridized carbons (Fsp3) is 0.857. The van der Waals surface area contributed by atoms with Gasteiger partial charge in [-0.1, -0.05) is 12.8 Å². The zero-order chi connectivity index (χ0) is 16.3. The lowest BCUT2D eigenvalue weighted by Crippen LogP contribution is -2.47. The van der Waals surface area contributed by atoms with Crippen LogP contribution in [0.3, 0.4) is 0 Å². The van der Waals surface area contributed by atoms with Gasteiger partial charge < -0.3 is 9.84 Å². The van der Waals surface area contributed by atoms with Gasteiger partial charge >= 0.3 is 11.9 Å². The lowest BCUT2D eigenvalue weighted by Gasteiger charge is -2.32. The average molecular weight is 333 g/mol. The van der Waals surface area contributed by atoms with Crippen LogP contribution in [0.25, 0.3) is 0 Å². The van der Waals surface area contributed by atoms with Crippen LogP contribution in [0.15, 0.2) is 0 Å². The first kappa shape index (κ1) is 17.2. The van der Waals surface area contributed by atoms with Crippen LogP contribution in [-0.4, -0.2) is 54.7 Å². The van der Waals surface area contributed by atoms with Crippen LogP contribution in [0.4, 0.5) is 0 Å². The second kappa shape index (κ2) is 6.95. The molecule has 1 heterocycles. The minimum atomic E-state index is -3.68. The number of carboxylic acid groups (broad SMARTS) is 1. The summed E-state index contributed by atoms with van der Waals surface area (Å²) < 4.78 is 30.9. The van der Waals surface area contributed by atoms with Crippen molar-refractivity contribution in [3.63, 3.8) is 0 Å². The molecule has 22 heavy (non-hydrogen) atoms. The van der Waals surface area contributed by atoms with Crippen molar-refractivity contribution in [1.82, 2.24) is 4.31 Å². The highest BCUT2D eigenvalue weighted by atomic mass is 32.2. The van der Waals surface area contributed by atoms with Crippen LogP contribution in [0.5, 0.6) is 0 Å². The molecule has 1 aliphatic carbocycles. The van der Waals surface area contributed by atoms with Crippen molar-refractivity contribution in [2.45, 2.75) is 57.0 Å². The fourth-order valence-corrected chi connectivity index (χ4v) is 5.61. The van der Waals surface area contributed by atoms with Crippen molar-refractivity contribution >= 4 is 22.0 Å². The SMILES string of the molecule is COC(=O)CCCS(=O)(=O)N1C(C(=O)O)CC2CCCCC21. The molecule has 2 aliphatic rings. The summed E-state index contributed by atoms with van der Waals surface area (Å²) in [6, 6.07) is -1.16. The van der Waals surface area contributed by atoms with Crippen LogP contribution in [-0.2, 0) is 24.3 Å². The number of aliphatic carboxylic acids is 1. The van der Waals surface area contributed by atoms with E-state index in [4.69, 9.17) is 0 Å². The molecule has 0 radical (unpaired) electrons. The third-order valence-electron chi connectivity index (χ3n) is 4.65. The molecule has 0 aromatic heterocycles. The molecule has 3 atom stereocenters. The summed E-state index contributed by atoms with van der Waals surface area (Å²) in [7, 11) is -2.43. The van der Waals surface area contributed by atoms with Gasteiger partial charge in [-0.05, 0) is 31.6 Å². The molecule has 8 heteroatoms. The molecule has 0 aromatic carbocycles. The van der Waals surface area contributed by atoms with E-state index in [-0.39, 0.29) is 30.6 Å². The molecule has 0 spiro atoms. The molecule has 0 bridgehead atoms. The van der Waals surface area contributed by atoms with Crippen molar-refractivity contribution in [3.8, 4) is 0 Å². The lowest BCUT2D eigenvalue weighted by atomic mass is 9.85. The third kappa shape index (κ3) is 3.60. The van der Waals surface area contributed by atoms with Crippen LogP contribution in [0.2, 0.25) is 0 Å². The van der Waals surface area contributed by atoms with Crippen molar-refractivity contribution in [3.05, 3.63) is 0 Å². The Bertz CT molecular complexity index is 531. The van der Waals surface area contributed by atoms with Crippen LogP contribution in [0.1, 0.15) is 44.9 Å². The molecule has 0 amide bonds. The first-order valence-electron chi connectivity index (χ1n) is 7.67. The Morgan fingerprint density at radius 2 is 1.95 bits per heavy atom. The molecule has 1 aliphatic heterocycles. The van der Waals surface area contributed by atoms with Crippen molar-refractivity contribution in [2.75, 3.05) is 12.9 Å². The molecule has 2 rings (SSSR count). The molecule has 1 saturated carbocycles. The summed E-state index contributed by atoms with van der Waals surface area (Å²) in [6.07, 6.45) is 4.15. The highest BCUT2D eigenvalue weighted by Crippen LogP contribution is 2.41. The topological polar surface area (TPSA) is 101 Å². The lowest BCUT2D eigenvalue weighted by molar-refractivity contribution is -0.141. The van der Waals surface area contributed by atoms with Gasteiger partial charge in [-0.15, -0.1) is 0 Å². The Kier molecular flexibility index (Phi) is 5.44. The highest BCUT2D eigenvalue weighted by Gasteiger charge is 2.50. The van der Waals surface area contributed by atoms with Gasteiger partial charge in [0.15, 0.2) is 0 Å². The summed E-state index contributed by atoms with van der Waals surface area (Å²) in [4.78, 5) is 22.5. The molecule has 7 nitrogen and oxygen atoms in total. The number of esters is 1. The van der Waals surface area contributed by atoms with Gasteiger partial charge in [0.05, 0.1) is 12.9 Å². The van der Waals surface area contributed by atoms with E-state index in [1.165, 1.54) is 11.4 Å². The Morgan fingerprint density at radius 1 is 1.27 bits per heavy atom. The van der Waals surface area contributed by atoms with Crippen LogP contribution in [0, 0.1) is 5.92 Å². The second-order valence-electron chi connectivity index (χ2n) is 6.03. The molecule has 2 fully saturated rings. The van der Waals surface area contributed by atoms with E-state index in [0.29, 0.717) is 6.42 Å². The molecule has 3 unspecified atom stereocenters. The average Bonchev–Trinajstić information content (AvgIpc) is 2.87. The van der Waals surface area contributed by atoms with Crippen LogP contribution >= 0.6 is 0 Å². The number of carboxylic acids is 1. The number of hydrogen-bond acceptors (Lipinski definition) is 5. The van der Waals surface area contributed by atoms with Crippen molar-refractivity contribution in [1.29, 1.82) is 0 Å². The molecular formula is C14H23NO6S. The Balaban J connectivity index is 2.11. The number of hydrogen-bond donors (Lipinski definition) is 1. The minimum Gasteiger partial charge on any atom is -0.480 e. The van der Waals surface area contributed by atoms with Crippen molar-refractivity contribution < 1.29 is 27.9 Å². The predicted octanol–water partition coefficient (Wildman–Crippen LogP) is 0.987. The van der Waals surface area contributed by atoms with Crippen LogP contribution < -0.4 is 0 Å². The molecular weight excluding hydrogens is 310 g/mol. The zero-order valence-electron chi connectivity index (χ0n) is 12.7. The van der Waals surface area contributed by atoms with Crippen molar-refractivity contribution in [2.24, 2.45) is 5.92 Å². The number of methoxy groups -OCH3 is 1. The smallest absolute Gasteiger partial charge is 0.322 e. The van der Waals surface area contributed by atoms with Gasteiger partial charge in [-0.2, -0.15) is 4.31 Å². The van der Waals surface area contributed by atoms with E-state index >= 15 is 0 Å². The maximum atomic E-state index is 12.6. The number of carbonyl (C=O) groups is 2. The fourth-order valence-electron chi connectivity index (χ4n) is 3.64.